The Balaban J connectivity index is 1.12. The summed E-state index contributed by atoms with van der Waals surface area (Å²) in [6.07, 6.45) is 5.17. The first-order chi connectivity index (χ1) is 15.0. The van der Waals surface area contributed by atoms with E-state index in [0.29, 0.717) is 24.9 Å². The quantitative estimate of drug-likeness (QED) is 0.671. The van der Waals surface area contributed by atoms with Crippen LogP contribution in [0.3, 0.4) is 0 Å². The number of fused-ring (bicyclic) bond motifs is 2. The van der Waals surface area contributed by atoms with Gasteiger partial charge in [0.1, 0.15) is 5.75 Å². The number of nitrogens with two attached hydrogens (primary N) is 1. The average molecular weight is 422 g/mol. The third kappa shape index (κ3) is 4.03. The zero-order valence-corrected chi connectivity index (χ0v) is 16.8. The number of ether oxygens (including phenoxy) is 2. The summed E-state index contributed by atoms with van der Waals surface area (Å²) in [7, 11) is 0. The third-order valence-corrected chi connectivity index (χ3v) is 6.03. The molecule has 0 spiro atoms. The molecule has 2 N–H and O–H groups in total. The maximum atomic E-state index is 12.4. The number of pyridine rings is 1. The molecule has 2 aromatic heterocycles. The van der Waals surface area contributed by atoms with E-state index in [4.69, 9.17) is 19.7 Å². The molecule has 31 heavy (non-hydrogen) atoms. The van der Waals surface area contributed by atoms with Crippen LogP contribution in [0.2, 0.25) is 0 Å². The molecule has 1 aliphatic heterocycles. The fourth-order valence-electron chi connectivity index (χ4n) is 4.54. The van der Waals surface area contributed by atoms with Crippen molar-refractivity contribution in [3.05, 3.63) is 54.2 Å². The van der Waals surface area contributed by atoms with Gasteiger partial charge in [-0.25, -0.2) is 4.79 Å². The van der Waals surface area contributed by atoms with Crippen molar-refractivity contribution in [3.63, 3.8) is 0 Å². The summed E-state index contributed by atoms with van der Waals surface area (Å²) in [6, 6.07) is 9.41. The molecule has 2 aliphatic rings. The molecular weight excluding hydrogens is 400 g/mol. The molecule has 0 bridgehead atoms. The molecule has 3 heterocycles. The van der Waals surface area contributed by atoms with Gasteiger partial charge in [-0.2, -0.15) is 0 Å². The number of amides is 2. The van der Waals surface area contributed by atoms with Gasteiger partial charge in [-0.15, -0.1) is 0 Å². The fourth-order valence-corrected chi connectivity index (χ4v) is 4.54. The van der Waals surface area contributed by atoms with Crippen molar-refractivity contribution in [1.29, 1.82) is 0 Å². The number of nitrogens with zero attached hydrogens (tertiary/aromatic N) is 3. The third-order valence-electron chi connectivity index (χ3n) is 6.03. The molecule has 5 rings (SSSR count). The lowest BCUT2D eigenvalue weighted by atomic mass is 10.0. The van der Waals surface area contributed by atoms with E-state index < -0.39 is 12.0 Å². The van der Waals surface area contributed by atoms with Gasteiger partial charge >= 0.3 is 6.09 Å². The first-order valence-electron chi connectivity index (χ1n) is 10.2. The number of carbonyl (C=O) groups is 2. The highest BCUT2D eigenvalue weighted by Gasteiger charge is 2.43. The van der Waals surface area contributed by atoms with E-state index in [1.165, 1.54) is 6.07 Å². The van der Waals surface area contributed by atoms with Gasteiger partial charge in [0.15, 0.2) is 18.1 Å². The van der Waals surface area contributed by atoms with Crippen molar-refractivity contribution in [2.75, 3.05) is 13.1 Å². The van der Waals surface area contributed by atoms with E-state index >= 15 is 0 Å². The lowest BCUT2D eigenvalue weighted by Gasteiger charge is -2.19. The van der Waals surface area contributed by atoms with E-state index in [1.54, 1.807) is 11.1 Å². The molecule has 2 amide bonds. The Morgan fingerprint density at radius 1 is 1.13 bits per heavy atom. The Bertz CT molecular complexity index is 1120. The van der Waals surface area contributed by atoms with Crippen LogP contribution < -0.4 is 10.5 Å². The Labute approximate surface area is 178 Å². The number of likely N-dealkylation sites (tertiary alicyclic amines) is 1. The average Bonchev–Trinajstić information content (AvgIpc) is 3.47. The molecule has 3 aromatic rings. The predicted octanol–water partition coefficient (Wildman–Crippen LogP) is 2.75. The van der Waals surface area contributed by atoms with Crippen molar-refractivity contribution in [2.24, 2.45) is 17.6 Å². The monoisotopic (exact) mass is 422 g/mol. The highest BCUT2D eigenvalue weighted by Crippen LogP contribution is 2.40. The van der Waals surface area contributed by atoms with Crippen LogP contribution in [0.4, 0.5) is 4.79 Å². The van der Waals surface area contributed by atoms with Crippen LogP contribution in [-0.2, 0) is 11.3 Å². The summed E-state index contributed by atoms with van der Waals surface area (Å²) < 4.78 is 16.5. The number of carbonyl (C=O) groups excluding carboxylic acids is 2. The van der Waals surface area contributed by atoms with Gasteiger partial charge in [-0.3, -0.25) is 9.78 Å². The summed E-state index contributed by atoms with van der Waals surface area (Å²) in [5.74, 6) is 1.23. The van der Waals surface area contributed by atoms with Crippen molar-refractivity contribution in [1.82, 2.24) is 15.0 Å². The molecule has 9 heteroatoms. The van der Waals surface area contributed by atoms with Gasteiger partial charge < -0.3 is 24.6 Å². The number of primary amides is 1. The lowest BCUT2D eigenvalue weighted by molar-refractivity contribution is 0.0899. The van der Waals surface area contributed by atoms with Gasteiger partial charge in [0, 0.05) is 36.9 Å². The van der Waals surface area contributed by atoms with Crippen LogP contribution in [-0.4, -0.2) is 46.2 Å². The lowest BCUT2D eigenvalue weighted by Crippen LogP contribution is -2.31. The molecule has 160 valence electrons. The Kier molecular flexibility index (Phi) is 4.93. The maximum absolute atomic E-state index is 12.4. The largest absolute Gasteiger partial charge is 0.490 e. The Hall–Kier alpha value is -3.62. The van der Waals surface area contributed by atoms with Gasteiger partial charge in [-0.05, 0) is 48.3 Å². The fraction of sp³-hybridized carbons (Fsp3) is 0.364. The molecule has 2 fully saturated rings. The van der Waals surface area contributed by atoms with Gasteiger partial charge in [0.05, 0.1) is 6.10 Å². The van der Waals surface area contributed by atoms with Crippen molar-refractivity contribution >= 4 is 22.8 Å². The number of aromatic nitrogens is 2. The minimum Gasteiger partial charge on any atom is -0.490 e. The summed E-state index contributed by atoms with van der Waals surface area (Å²) in [5.41, 5.74) is 5.14. The second-order valence-electron chi connectivity index (χ2n) is 8.12. The van der Waals surface area contributed by atoms with Crippen molar-refractivity contribution in [2.45, 2.75) is 25.6 Å². The molecule has 1 aromatic carbocycles. The van der Waals surface area contributed by atoms with Crippen molar-refractivity contribution in [3.8, 4) is 5.75 Å². The van der Waals surface area contributed by atoms with Crippen LogP contribution in [0.15, 0.2) is 47.2 Å². The van der Waals surface area contributed by atoms with Crippen LogP contribution in [0.1, 0.15) is 29.1 Å². The summed E-state index contributed by atoms with van der Waals surface area (Å²) in [5, 5.41) is 5.72. The standard InChI is InChI=1S/C22H22N4O5/c23-21(27)20-8-19(31-25-20)12-29-22(28)26-10-15-6-18(7-16(15)11-26)30-17-2-1-13-3-4-24-9-14(13)5-17/h1-5,8-9,15-16,18H,6-7,10-12H2,(H2,23,27)/t15-,16+,18-. The topological polar surface area (TPSA) is 121 Å². The van der Waals surface area contributed by atoms with Gasteiger partial charge in [0.25, 0.3) is 5.91 Å². The predicted molar refractivity (Wildman–Crippen MR) is 109 cm³/mol. The number of rotatable bonds is 5. The van der Waals surface area contributed by atoms with Crippen molar-refractivity contribution < 1.29 is 23.6 Å². The summed E-state index contributed by atoms with van der Waals surface area (Å²) in [6.45, 7) is 1.20. The van der Waals surface area contributed by atoms with Gasteiger partial charge in [0.2, 0.25) is 0 Å². The van der Waals surface area contributed by atoms with E-state index in [1.807, 2.05) is 30.5 Å². The van der Waals surface area contributed by atoms with E-state index in [-0.39, 0.29) is 24.2 Å². The summed E-state index contributed by atoms with van der Waals surface area (Å²) >= 11 is 0. The number of hydrogen-bond acceptors (Lipinski definition) is 7. The Morgan fingerprint density at radius 3 is 2.68 bits per heavy atom. The minimum atomic E-state index is -0.689. The first kappa shape index (κ1) is 19.3. The first-order valence-corrected chi connectivity index (χ1v) is 10.2. The maximum Gasteiger partial charge on any atom is 0.410 e. The molecule has 0 radical (unpaired) electrons. The zero-order valence-electron chi connectivity index (χ0n) is 16.8. The number of benzene rings is 1. The van der Waals surface area contributed by atoms with E-state index in [0.717, 1.165) is 29.4 Å². The van der Waals surface area contributed by atoms with Crippen LogP contribution in [0, 0.1) is 11.8 Å². The van der Waals surface area contributed by atoms with Crippen LogP contribution in [0.5, 0.6) is 5.75 Å². The second kappa shape index (κ2) is 7.90. The van der Waals surface area contributed by atoms with Crippen LogP contribution in [0.25, 0.3) is 10.8 Å². The molecular formula is C22H22N4O5. The van der Waals surface area contributed by atoms with Crippen LogP contribution >= 0.6 is 0 Å². The molecule has 1 aliphatic carbocycles. The Morgan fingerprint density at radius 2 is 1.94 bits per heavy atom. The molecule has 1 saturated carbocycles. The molecule has 3 atom stereocenters. The van der Waals surface area contributed by atoms with E-state index in [9.17, 15) is 9.59 Å². The molecule has 0 unspecified atom stereocenters. The smallest absolute Gasteiger partial charge is 0.410 e. The molecule has 1 saturated heterocycles. The normalized spacial score (nSPS) is 22.5. The SMILES string of the molecule is NC(=O)c1cc(COC(=O)N2C[C@H]3C[C@@H](Oc4ccc5ccncc5c4)C[C@H]3C2)on1. The zero-order chi connectivity index (χ0) is 21.4. The minimum absolute atomic E-state index is 0.00970. The van der Waals surface area contributed by atoms with Gasteiger partial charge in [-0.1, -0.05) is 11.2 Å². The highest BCUT2D eigenvalue weighted by molar-refractivity contribution is 5.90. The number of hydrogen-bond donors (Lipinski definition) is 1. The highest BCUT2D eigenvalue weighted by atomic mass is 16.6. The second-order valence-corrected chi connectivity index (χ2v) is 8.12. The molecule has 9 nitrogen and oxygen atoms in total. The van der Waals surface area contributed by atoms with E-state index in [2.05, 4.69) is 10.1 Å². The summed E-state index contributed by atoms with van der Waals surface area (Å²) in [4.78, 5) is 29.3.